The highest BCUT2D eigenvalue weighted by Gasteiger charge is 1.99. The molecule has 5 heteroatoms. The van der Waals surface area contributed by atoms with Gasteiger partial charge in [0, 0.05) is 22.5 Å². The van der Waals surface area contributed by atoms with E-state index in [1.807, 2.05) is 13.8 Å². The van der Waals surface area contributed by atoms with Gasteiger partial charge in [-0.15, -0.1) is 0 Å². The summed E-state index contributed by atoms with van der Waals surface area (Å²) in [7, 11) is 0. The first-order chi connectivity index (χ1) is 7.31. The Bertz CT molecular complexity index is 162. The van der Waals surface area contributed by atoms with Crippen LogP contribution in [0.5, 0.6) is 0 Å². The number of likely N-dealkylation sites (N-methyl/N-ethyl adjacent to an activating group) is 1. The molecule has 15 heavy (non-hydrogen) atoms. The van der Waals surface area contributed by atoms with E-state index in [1.165, 1.54) is 0 Å². The number of ether oxygens (including phenoxy) is 2. The van der Waals surface area contributed by atoms with Crippen molar-refractivity contribution < 1.29 is 17.1 Å². The second-order valence-electron chi connectivity index (χ2n) is 2.95. The van der Waals surface area contributed by atoms with Crippen LogP contribution in [0.3, 0.4) is 0 Å². The number of nitrogens with one attached hydrogen (secondary N) is 2. The minimum Gasteiger partial charge on any atom is -0.380 e. The summed E-state index contributed by atoms with van der Waals surface area (Å²) in [6.07, 6.45) is 0. The molecule has 0 bridgehead atoms. The molecule has 0 aromatic carbocycles. The summed E-state index contributed by atoms with van der Waals surface area (Å²) < 4.78 is 10.2. The Balaban J connectivity index is -0.000000980. The van der Waals surface area contributed by atoms with Crippen molar-refractivity contribution in [3.63, 3.8) is 0 Å². The molecule has 2 N–H and O–H groups in total. The van der Waals surface area contributed by atoms with Gasteiger partial charge in [0.05, 0.1) is 13.2 Å². The van der Waals surface area contributed by atoms with Gasteiger partial charge in [-0.2, -0.15) is 0 Å². The standard InChI is InChI=1S/C10H22N2O3.2H2/c1-3-11-5-7-15-9-10(13)12-6-8-14-4-2;;/h11H,3-9H2,1-2H3,(H,12,13);2*1H. The second kappa shape index (κ2) is 11.4. The quantitative estimate of drug-likeness (QED) is 0.520. The molecule has 0 spiro atoms. The summed E-state index contributed by atoms with van der Waals surface area (Å²) in [5.74, 6) is -0.0915. The molecule has 0 aliphatic rings. The van der Waals surface area contributed by atoms with Crippen LogP contribution >= 0.6 is 0 Å². The van der Waals surface area contributed by atoms with Crippen molar-refractivity contribution in [2.75, 3.05) is 46.1 Å². The molecule has 0 atom stereocenters. The first-order valence-electron chi connectivity index (χ1n) is 5.44. The van der Waals surface area contributed by atoms with Gasteiger partial charge in [0.1, 0.15) is 6.61 Å². The fourth-order valence-electron chi connectivity index (χ4n) is 0.944. The van der Waals surface area contributed by atoms with E-state index in [9.17, 15) is 4.79 Å². The Morgan fingerprint density at radius 2 is 1.93 bits per heavy atom. The molecule has 0 saturated carbocycles. The maximum atomic E-state index is 11.1. The zero-order valence-electron chi connectivity index (χ0n) is 9.67. The van der Waals surface area contributed by atoms with Gasteiger partial charge in [0.25, 0.3) is 0 Å². The second-order valence-corrected chi connectivity index (χ2v) is 2.95. The van der Waals surface area contributed by atoms with Crippen molar-refractivity contribution >= 4 is 5.91 Å². The predicted molar refractivity (Wildman–Crippen MR) is 63.1 cm³/mol. The van der Waals surface area contributed by atoms with Crippen LogP contribution < -0.4 is 10.6 Å². The topological polar surface area (TPSA) is 59.6 Å². The number of hydrogen-bond acceptors (Lipinski definition) is 4. The van der Waals surface area contributed by atoms with Crippen LogP contribution in [0, 0.1) is 0 Å². The average molecular weight is 222 g/mol. The monoisotopic (exact) mass is 222 g/mol. The molecule has 0 fully saturated rings. The molecule has 0 radical (unpaired) electrons. The fourth-order valence-corrected chi connectivity index (χ4v) is 0.944. The summed E-state index contributed by atoms with van der Waals surface area (Å²) in [5, 5.41) is 5.80. The Labute approximate surface area is 94.5 Å². The first-order valence-corrected chi connectivity index (χ1v) is 5.44. The van der Waals surface area contributed by atoms with Gasteiger partial charge < -0.3 is 20.1 Å². The van der Waals surface area contributed by atoms with Crippen LogP contribution in [0.4, 0.5) is 0 Å². The molecular weight excluding hydrogens is 196 g/mol. The molecule has 0 aromatic heterocycles. The third-order valence-corrected chi connectivity index (χ3v) is 1.68. The normalized spacial score (nSPS) is 10.3. The molecule has 0 heterocycles. The van der Waals surface area contributed by atoms with Gasteiger partial charge in [-0.05, 0) is 13.5 Å². The van der Waals surface area contributed by atoms with Gasteiger partial charge in [-0.25, -0.2) is 0 Å². The maximum Gasteiger partial charge on any atom is 0.246 e. The highest BCUT2D eigenvalue weighted by molar-refractivity contribution is 5.77. The van der Waals surface area contributed by atoms with E-state index in [4.69, 9.17) is 9.47 Å². The molecule has 0 aromatic rings. The van der Waals surface area contributed by atoms with Gasteiger partial charge in [-0.1, -0.05) is 6.92 Å². The lowest BCUT2D eigenvalue weighted by molar-refractivity contribution is -0.125. The van der Waals surface area contributed by atoms with E-state index in [-0.39, 0.29) is 15.4 Å². The third kappa shape index (κ3) is 11.3. The smallest absolute Gasteiger partial charge is 0.246 e. The van der Waals surface area contributed by atoms with Crippen LogP contribution in [0.2, 0.25) is 0 Å². The van der Waals surface area contributed by atoms with E-state index in [1.54, 1.807) is 0 Å². The summed E-state index contributed by atoms with van der Waals surface area (Å²) in [6, 6.07) is 0. The zero-order chi connectivity index (χ0) is 11.4. The minimum absolute atomic E-state index is 0. The van der Waals surface area contributed by atoms with Crippen LogP contribution in [-0.4, -0.2) is 52.0 Å². The molecule has 0 aliphatic heterocycles. The Hall–Kier alpha value is -0.650. The zero-order valence-corrected chi connectivity index (χ0v) is 9.67. The van der Waals surface area contributed by atoms with Crippen LogP contribution in [0.25, 0.3) is 0 Å². The molecule has 0 unspecified atom stereocenters. The van der Waals surface area contributed by atoms with Crippen molar-refractivity contribution in [3.8, 4) is 0 Å². The summed E-state index contributed by atoms with van der Waals surface area (Å²) >= 11 is 0. The molecular formula is C10H26N2O3. The van der Waals surface area contributed by atoms with Crippen LogP contribution in [0.15, 0.2) is 0 Å². The molecule has 1 amide bonds. The highest BCUT2D eigenvalue weighted by atomic mass is 16.5. The lowest BCUT2D eigenvalue weighted by Crippen LogP contribution is -2.31. The number of hydrogen-bond donors (Lipinski definition) is 2. The van der Waals surface area contributed by atoms with Crippen LogP contribution in [-0.2, 0) is 14.3 Å². The molecule has 0 aliphatic carbocycles. The van der Waals surface area contributed by atoms with Crippen molar-refractivity contribution in [2.24, 2.45) is 0 Å². The van der Waals surface area contributed by atoms with Crippen molar-refractivity contribution in [1.29, 1.82) is 0 Å². The first kappa shape index (κ1) is 14.3. The van der Waals surface area contributed by atoms with E-state index in [0.717, 1.165) is 13.1 Å². The number of carbonyl (C=O) groups excluding carboxylic acids is 1. The van der Waals surface area contributed by atoms with Crippen LogP contribution in [0.1, 0.15) is 16.7 Å². The predicted octanol–water partition coefficient (Wildman–Crippen LogP) is 0.257. The van der Waals surface area contributed by atoms with Gasteiger partial charge in [0.2, 0.25) is 5.91 Å². The number of rotatable bonds is 10. The third-order valence-electron chi connectivity index (χ3n) is 1.68. The molecule has 0 saturated heterocycles. The molecule has 5 nitrogen and oxygen atoms in total. The maximum absolute atomic E-state index is 11.1. The highest BCUT2D eigenvalue weighted by Crippen LogP contribution is 1.76. The Morgan fingerprint density at radius 1 is 1.20 bits per heavy atom. The lowest BCUT2D eigenvalue weighted by atomic mass is 10.5. The van der Waals surface area contributed by atoms with E-state index < -0.39 is 0 Å². The largest absolute Gasteiger partial charge is 0.380 e. The average Bonchev–Trinajstić information content (AvgIpc) is 2.24. The summed E-state index contributed by atoms with van der Waals surface area (Å²) in [6.45, 7) is 8.11. The number of amides is 1. The van der Waals surface area contributed by atoms with Crippen molar-refractivity contribution in [1.82, 2.24) is 10.6 Å². The van der Waals surface area contributed by atoms with E-state index >= 15 is 0 Å². The Kier molecular flexibility index (Phi) is 10.9. The summed E-state index contributed by atoms with van der Waals surface area (Å²) in [4.78, 5) is 11.1. The SMILES string of the molecule is CCNCCOCC(=O)NCCOCC.[HH].[HH]. The van der Waals surface area contributed by atoms with E-state index in [2.05, 4.69) is 10.6 Å². The molecule has 94 valence electrons. The molecule has 0 rings (SSSR count). The Morgan fingerprint density at radius 3 is 2.60 bits per heavy atom. The van der Waals surface area contributed by atoms with E-state index in [0.29, 0.717) is 26.4 Å². The summed E-state index contributed by atoms with van der Waals surface area (Å²) in [5.41, 5.74) is 0. The van der Waals surface area contributed by atoms with Crippen molar-refractivity contribution in [2.45, 2.75) is 13.8 Å². The van der Waals surface area contributed by atoms with Gasteiger partial charge in [0.15, 0.2) is 0 Å². The van der Waals surface area contributed by atoms with Gasteiger partial charge in [-0.3, -0.25) is 4.79 Å². The minimum atomic E-state index is -0.0915. The van der Waals surface area contributed by atoms with Crippen molar-refractivity contribution in [3.05, 3.63) is 0 Å². The van der Waals surface area contributed by atoms with Gasteiger partial charge >= 0.3 is 0 Å². The fraction of sp³-hybridized carbons (Fsp3) is 0.900. The number of carbonyl (C=O) groups is 1. The lowest BCUT2D eigenvalue weighted by Gasteiger charge is -2.06.